The fourth-order valence-electron chi connectivity index (χ4n) is 4.42. The quantitative estimate of drug-likeness (QED) is 0.561. The van der Waals surface area contributed by atoms with Gasteiger partial charge >= 0.3 is 0 Å². The summed E-state index contributed by atoms with van der Waals surface area (Å²) in [6, 6.07) is 0. The highest BCUT2D eigenvalue weighted by Gasteiger charge is 2.65. The average Bonchev–Trinajstić information content (AvgIpc) is 2.89. The summed E-state index contributed by atoms with van der Waals surface area (Å²) in [5, 5.41) is 10.4. The molecule has 17 heavy (non-hydrogen) atoms. The van der Waals surface area contributed by atoms with Crippen LogP contribution in [0.3, 0.4) is 0 Å². The van der Waals surface area contributed by atoms with Gasteiger partial charge in [0.05, 0.1) is 17.8 Å². The molecular weight excluding hydrogens is 212 g/mol. The highest BCUT2D eigenvalue weighted by atomic mass is 16.6. The Morgan fingerprint density at radius 2 is 2.18 bits per heavy atom. The molecule has 3 rings (SSSR count). The molecule has 0 radical (unpaired) electrons. The Labute approximate surface area is 104 Å². The number of rotatable bonds is 1. The summed E-state index contributed by atoms with van der Waals surface area (Å²) in [6.45, 7) is 11.0. The summed E-state index contributed by atoms with van der Waals surface area (Å²) in [7, 11) is 0. The molecular formula is C15H24O2. The Bertz CT molecular complexity index is 349. The molecule has 0 spiro atoms. The van der Waals surface area contributed by atoms with Crippen molar-refractivity contribution in [3.63, 3.8) is 0 Å². The highest BCUT2D eigenvalue weighted by Crippen LogP contribution is 2.59. The van der Waals surface area contributed by atoms with Gasteiger partial charge in [-0.1, -0.05) is 26.0 Å². The molecule has 3 fully saturated rings. The molecule has 1 saturated heterocycles. The van der Waals surface area contributed by atoms with Gasteiger partial charge in [-0.2, -0.15) is 0 Å². The Balaban J connectivity index is 1.93. The van der Waals surface area contributed by atoms with Crippen LogP contribution in [0.4, 0.5) is 0 Å². The van der Waals surface area contributed by atoms with Gasteiger partial charge in [0.1, 0.15) is 0 Å². The zero-order valence-corrected chi connectivity index (χ0v) is 11.1. The molecule has 0 unspecified atom stereocenters. The molecule has 2 aliphatic carbocycles. The van der Waals surface area contributed by atoms with Gasteiger partial charge in [-0.25, -0.2) is 0 Å². The number of hydrogen-bond donors (Lipinski definition) is 1. The number of aliphatic hydroxyl groups excluding tert-OH is 1. The standard InChI is InChI=1S/C15H24O2/c1-8(2)10-6-5-9(3)12-11(16)7-15(4)14(17-15)13(10)12/h8,10-14,16H,3,5-7H2,1-2,4H3/t10-,11-,12+,13-,14-,15+/m1/s1. The molecule has 0 aromatic rings. The molecule has 0 aromatic heterocycles. The van der Waals surface area contributed by atoms with Gasteiger partial charge in [0, 0.05) is 18.3 Å². The van der Waals surface area contributed by atoms with E-state index in [1.165, 1.54) is 12.0 Å². The van der Waals surface area contributed by atoms with Crippen molar-refractivity contribution in [2.24, 2.45) is 23.7 Å². The van der Waals surface area contributed by atoms with E-state index in [1.807, 2.05) is 0 Å². The van der Waals surface area contributed by atoms with Crippen LogP contribution in [-0.4, -0.2) is 22.9 Å². The molecule has 3 aliphatic rings. The van der Waals surface area contributed by atoms with Crippen molar-refractivity contribution in [3.8, 4) is 0 Å². The highest BCUT2D eigenvalue weighted by molar-refractivity contribution is 5.22. The lowest BCUT2D eigenvalue weighted by atomic mass is 9.58. The molecule has 1 N–H and O–H groups in total. The molecule has 2 nitrogen and oxygen atoms in total. The number of aliphatic hydroxyl groups is 1. The van der Waals surface area contributed by atoms with E-state index in [1.54, 1.807) is 0 Å². The van der Waals surface area contributed by atoms with E-state index in [9.17, 15) is 5.11 Å². The number of ether oxygens (including phenoxy) is 1. The first kappa shape index (κ1) is 11.7. The summed E-state index contributed by atoms with van der Waals surface area (Å²) in [6.07, 6.45) is 3.24. The summed E-state index contributed by atoms with van der Waals surface area (Å²) in [5.41, 5.74) is 1.22. The fraction of sp³-hybridized carbons (Fsp3) is 0.867. The molecule has 0 amide bonds. The SMILES string of the molecule is C=C1CC[C@H](C(C)C)[C@@H]2[C@@H]1[C@H](O)C[C@]1(C)O[C@H]21. The molecule has 2 saturated carbocycles. The smallest absolute Gasteiger partial charge is 0.0948 e. The summed E-state index contributed by atoms with van der Waals surface area (Å²) in [4.78, 5) is 0. The topological polar surface area (TPSA) is 32.8 Å². The second-order valence-electron chi connectivity index (χ2n) is 6.83. The van der Waals surface area contributed by atoms with E-state index >= 15 is 0 Å². The lowest BCUT2D eigenvalue weighted by molar-refractivity contribution is 0.00599. The maximum atomic E-state index is 10.4. The molecule has 6 atom stereocenters. The van der Waals surface area contributed by atoms with Crippen LogP contribution in [0.25, 0.3) is 0 Å². The van der Waals surface area contributed by atoms with Crippen LogP contribution < -0.4 is 0 Å². The first-order valence-electron chi connectivity index (χ1n) is 6.97. The molecule has 96 valence electrons. The van der Waals surface area contributed by atoms with E-state index in [2.05, 4.69) is 27.4 Å². The van der Waals surface area contributed by atoms with Crippen molar-refractivity contribution in [1.82, 2.24) is 0 Å². The van der Waals surface area contributed by atoms with Crippen LogP contribution in [0.15, 0.2) is 12.2 Å². The van der Waals surface area contributed by atoms with Crippen LogP contribution in [0.5, 0.6) is 0 Å². The predicted molar refractivity (Wildman–Crippen MR) is 67.6 cm³/mol. The third kappa shape index (κ3) is 1.61. The minimum absolute atomic E-state index is 0.0364. The van der Waals surface area contributed by atoms with E-state index in [0.29, 0.717) is 23.9 Å². The first-order chi connectivity index (χ1) is 7.94. The Hall–Kier alpha value is -0.340. The van der Waals surface area contributed by atoms with E-state index in [-0.39, 0.29) is 17.6 Å². The minimum atomic E-state index is -0.238. The van der Waals surface area contributed by atoms with E-state index < -0.39 is 0 Å². The molecule has 1 heterocycles. The van der Waals surface area contributed by atoms with Gasteiger partial charge in [-0.05, 0) is 31.6 Å². The van der Waals surface area contributed by atoms with Gasteiger partial charge in [0.2, 0.25) is 0 Å². The second kappa shape index (κ2) is 3.58. The van der Waals surface area contributed by atoms with Crippen LogP contribution in [0.1, 0.15) is 40.0 Å². The number of epoxide rings is 1. The molecule has 1 aliphatic heterocycles. The predicted octanol–water partition coefficient (Wildman–Crippen LogP) is 2.76. The Morgan fingerprint density at radius 1 is 1.47 bits per heavy atom. The normalized spacial score (nSPS) is 53.2. The Morgan fingerprint density at radius 3 is 2.82 bits per heavy atom. The fourth-order valence-corrected chi connectivity index (χ4v) is 4.42. The summed E-state index contributed by atoms with van der Waals surface area (Å²) in [5.74, 6) is 2.16. The zero-order chi connectivity index (χ0) is 12.4. The monoisotopic (exact) mass is 236 g/mol. The summed E-state index contributed by atoms with van der Waals surface area (Å²) < 4.78 is 5.93. The van der Waals surface area contributed by atoms with Gasteiger partial charge in [0.25, 0.3) is 0 Å². The van der Waals surface area contributed by atoms with Gasteiger partial charge in [0.15, 0.2) is 0 Å². The van der Waals surface area contributed by atoms with Gasteiger partial charge < -0.3 is 9.84 Å². The average molecular weight is 236 g/mol. The van der Waals surface area contributed by atoms with Crippen LogP contribution in [-0.2, 0) is 4.74 Å². The maximum Gasteiger partial charge on any atom is 0.0948 e. The molecule has 0 bridgehead atoms. The maximum absolute atomic E-state index is 10.4. The number of hydrogen-bond acceptors (Lipinski definition) is 2. The summed E-state index contributed by atoms with van der Waals surface area (Å²) >= 11 is 0. The van der Waals surface area contributed by atoms with Crippen molar-refractivity contribution in [2.45, 2.75) is 57.8 Å². The Kier molecular flexibility index (Phi) is 2.47. The van der Waals surface area contributed by atoms with Crippen LogP contribution in [0, 0.1) is 23.7 Å². The van der Waals surface area contributed by atoms with E-state index in [4.69, 9.17) is 4.74 Å². The van der Waals surface area contributed by atoms with Gasteiger partial charge in [-0.15, -0.1) is 0 Å². The van der Waals surface area contributed by atoms with Gasteiger partial charge in [-0.3, -0.25) is 0 Å². The molecule has 2 heteroatoms. The third-order valence-electron chi connectivity index (χ3n) is 5.35. The minimum Gasteiger partial charge on any atom is -0.392 e. The van der Waals surface area contributed by atoms with Crippen molar-refractivity contribution < 1.29 is 9.84 Å². The lowest BCUT2D eigenvalue weighted by Crippen LogP contribution is -2.48. The zero-order valence-electron chi connectivity index (χ0n) is 11.1. The largest absolute Gasteiger partial charge is 0.392 e. The number of fused-ring (bicyclic) bond motifs is 3. The van der Waals surface area contributed by atoms with Crippen molar-refractivity contribution in [3.05, 3.63) is 12.2 Å². The van der Waals surface area contributed by atoms with Crippen LogP contribution in [0.2, 0.25) is 0 Å². The lowest BCUT2D eigenvalue weighted by Gasteiger charge is -2.46. The van der Waals surface area contributed by atoms with E-state index in [0.717, 1.165) is 12.8 Å². The third-order valence-corrected chi connectivity index (χ3v) is 5.35. The van der Waals surface area contributed by atoms with Crippen molar-refractivity contribution >= 4 is 0 Å². The van der Waals surface area contributed by atoms with Crippen LogP contribution >= 0.6 is 0 Å². The second-order valence-corrected chi connectivity index (χ2v) is 6.83. The van der Waals surface area contributed by atoms with Crippen molar-refractivity contribution in [1.29, 1.82) is 0 Å². The van der Waals surface area contributed by atoms with Crippen molar-refractivity contribution in [2.75, 3.05) is 0 Å². The molecule has 0 aromatic carbocycles. The first-order valence-corrected chi connectivity index (χ1v) is 6.97.